The van der Waals surface area contributed by atoms with Gasteiger partial charge in [0, 0.05) is 45.7 Å². The summed E-state index contributed by atoms with van der Waals surface area (Å²) in [5, 5.41) is 0. The Kier molecular flexibility index (Phi) is 5.46. The molecule has 3 fully saturated rings. The molecule has 0 saturated carbocycles. The van der Waals surface area contributed by atoms with Crippen LogP contribution in [0.5, 0.6) is 0 Å². The zero-order valence-electron chi connectivity index (χ0n) is 15.6. The molecular formula is C21H30N2O3. The molecule has 5 heteroatoms. The van der Waals surface area contributed by atoms with Crippen LogP contribution in [0, 0.1) is 5.92 Å². The first-order valence-electron chi connectivity index (χ1n) is 10.0. The molecule has 1 aromatic rings. The smallest absolute Gasteiger partial charge is 0.410 e. The Bertz CT molecular complexity index is 593. The van der Waals surface area contributed by atoms with Gasteiger partial charge in [-0.05, 0) is 37.3 Å². The molecule has 0 bridgehead atoms. The summed E-state index contributed by atoms with van der Waals surface area (Å²) in [7, 11) is 0. The summed E-state index contributed by atoms with van der Waals surface area (Å²) in [6.07, 6.45) is 5.13. The van der Waals surface area contributed by atoms with Crippen molar-refractivity contribution in [1.82, 2.24) is 9.80 Å². The number of hydrogen-bond donors (Lipinski definition) is 0. The van der Waals surface area contributed by atoms with Gasteiger partial charge < -0.3 is 19.3 Å². The Morgan fingerprint density at radius 2 is 1.92 bits per heavy atom. The fourth-order valence-corrected chi connectivity index (χ4v) is 4.39. The lowest BCUT2D eigenvalue weighted by molar-refractivity contribution is -0.000420. The van der Waals surface area contributed by atoms with E-state index in [1.54, 1.807) is 0 Å². The number of rotatable bonds is 6. The van der Waals surface area contributed by atoms with Crippen molar-refractivity contribution in [2.45, 2.75) is 37.7 Å². The minimum absolute atomic E-state index is 0.127. The highest BCUT2D eigenvalue weighted by Crippen LogP contribution is 2.33. The summed E-state index contributed by atoms with van der Waals surface area (Å²) >= 11 is 0. The highest BCUT2D eigenvalue weighted by molar-refractivity contribution is 5.70. The summed E-state index contributed by atoms with van der Waals surface area (Å²) in [4.78, 5) is 16.8. The third-order valence-corrected chi connectivity index (χ3v) is 6.20. The van der Waals surface area contributed by atoms with Crippen LogP contribution < -0.4 is 0 Å². The van der Waals surface area contributed by atoms with E-state index in [0.717, 1.165) is 71.1 Å². The number of likely N-dealkylation sites (tertiary alicyclic amines) is 1. The first-order valence-corrected chi connectivity index (χ1v) is 10.0. The third-order valence-electron chi connectivity index (χ3n) is 6.20. The third kappa shape index (κ3) is 4.21. The highest BCUT2D eigenvalue weighted by atomic mass is 16.6. The molecule has 1 aromatic carbocycles. The molecule has 1 spiro atoms. The van der Waals surface area contributed by atoms with Crippen LogP contribution in [-0.4, -0.2) is 67.4 Å². The molecule has 142 valence electrons. The van der Waals surface area contributed by atoms with Gasteiger partial charge in [0.25, 0.3) is 0 Å². The summed E-state index contributed by atoms with van der Waals surface area (Å²) in [6.45, 7) is 6.59. The number of benzene rings is 1. The maximum absolute atomic E-state index is 12.3. The maximum Gasteiger partial charge on any atom is 0.410 e. The lowest BCUT2D eigenvalue weighted by Crippen LogP contribution is -2.47. The molecule has 3 saturated heterocycles. The van der Waals surface area contributed by atoms with Crippen LogP contribution in [0.4, 0.5) is 4.79 Å². The van der Waals surface area contributed by atoms with Crippen LogP contribution in [0.1, 0.15) is 31.2 Å². The molecule has 5 nitrogen and oxygen atoms in total. The van der Waals surface area contributed by atoms with Gasteiger partial charge in [0.2, 0.25) is 0 Å². The summed E-state index contributed by atoms with van der Waals surface area (Å²) < 4.78 is 11.3. The molecule has 0 N–H and O–H groups in total. The van der Waals surface area contributed by atoms with Crippen LogP contribution >= 0.6 is 0 Å². The van der Waals surface area contributed by atoms with Gasteiger partial charge in [0.1, 0.15) is 5.60 Å². The fourth-order valence-electron chi connectivity index (χ4n) is 4.39. The maximum atomic E-state index is 12.3. The Morgan fingerprint density at radius 3 is 2.65 bits per heavy atom. The molecule has 26 heavy (non-hydrogen) atoms. The average molecular weight is 358 g/mol. The standard InChI is InChI=1S/C21H30N2O3/c24-20-23(12-7-18-4-2-1-3-5-18)17-21(26-20)9-13-22(14-10-21)11-6-19-8-15-25-16-19/h1-5,19H,6-17H2/t19-/m0/s1. The molecule has 0 radical (unpaired) electrons. The molecule has 1 amide bonds. The topological polar surface area (TPSA) is 42.0 Å². The average Bonchev–Trinajstić information content (AvgIpc) is 3.29. The first-order chi connectivity index (χ1) is 12.7. The predicted octanol–water partition coefficient (Wildman–Crippen LogP) is 2.94. The van der Waals surface area contributed by atoms with E-state index in [1.807, 2.05) is 23.1 Å². The largest absolute Gasteiger partial charge is 0.441 e. The van der Waals surface area contributed by atoms with Crippen LogP contribution in [-0.2, 0) is 15.9 Å². The number of nitrogens with zero attached hydrogens (tertiary/aromatic N) is 2. The van der Waals surface area contributed by atoms with E-state index >= 15 is 0 Å². The van der Waals surface area contributed by atoms with Crippen molar-refractivity contribution in [3.05, 3.63) is 35.9 Å². The van der Waals surface area contributed by atoms with Crippen molar-refractivity contribution in [1.29, 1.82) is 0 Å². The van der Waals surface area contributed by atoms with Gasteiger partial charge in [-0.3, -0.25) is 0 Å². The predicted molar refractivity (Wildman–Crippen MR) is 100 cm³/mol. The van der Waals surface area contributed by atoms with Crippen molar-refractivity contribution < 1.29 is 14.3 Å². The molecule has 0 aromatic heterocycles. The second kappa shape index (κ2) is 7.97. The van der Waals surface area contributed by atoms with Crippen LogP contribution in [0.15, 0.2) is 30.3 Å². The molecule has 3 heterocycles. The quantitative estimate of drug-likeness (QED) is 0.784. The minimum Gasteiger partial charge on any atom is -0.441 e. The number of amides is 1. The van der Waals surface area contributed by atoms with Crippen LogP contribution in [0.2, 0.25) is 0 Å². The molecule has 3 aliphatic heterocycles. The van der Waals surface area contributed by atoms with Crippen LogP contribution in [0.25, 0.3) is 0 Å². The second-order valence-corrected chi connectivity index (χ2v) is 8.07. The molecular weight excluding hydrogens is 328 g/mol. The van der Waals surface area contributed by atoms with Crippen molar-refractivity contribution in [3.63, 3.8) is 0 Å². The number of carbonyl (C=O) groups excluding carboxylic acids is 1. The van der Waals surface area contributed by atoms with Crippen molar-refractivity contribution in [3.8, 4) is 0 Å². The van der Waals surface area contributed by atoms with Gasteiger partial charge in [-0.25, -0.2) is 4.79 Å². The van der Waals surface area contributed by atoms with E-state index in [2.05, 4.69) is 17.0 Å². The highest BCUT2D eigenvalue weighted by Gasteiger charge is 2.46. The number of piperidine rings is 1. The normalized spacial score (nSPS) is 25.8. The molecule has 1 atom stereocenters. The Balaban J connectivity index is 1.23. The summed E-state index contributed by atoms with van der Waals surface area (Å²) in [5.41, 5.74) is 1.02. The lowest BCUT2D eigenvalue weighted by Gasteiger charge is -2.37. The van der Waals surface area contributed by atoms with E-state index in [4.69, 9.17) is 9.47 Å². The van der Waals surface area contributed by atoms with Crippen molar-refractivity contribution in [2.75, 3.05) is 45.9 Å². The van der Waals surface area contributed by atoms with Gasteiger partial charge in [0.05, 0.1) is 6.54 Å². The SMILES string of the molecule is O=C1OC2(CCN(CC[C@H]3CCOC3)CC2)CN1CCc1ccccc1. The Morgan fingerprint density at radius 1 is 1.12 bits per heavy atom. The first kappa shape index (κ1) is 17.8. The Hall–Kier alpha value is -1.59. The van der Waals surface area contributed by atoms with Crippen molar-refractivity contribution in [2.24, 2.45) is 5.92 Å². The lowest BCUT2D eigenvalue weighted by atomic mass is 9.91. The molecule has 0 unspecified atom stereocenters. The fraction of sp³-hybridized carbons (Fsp3) is 0.667. The molecule has 0 aliphatic carbocycles. The van der Waals surface area contributed by atoms with Gasteiger partial charge in [-0.15, -0.1) is 0 Å². The van der Waals surface area contributed by atoms with Gasteiger partial charge in [-0.2, -0.15) is 0 Å². The monoisotopic (exact) mass is 358 g/mol. The summed E-state index contributed by atoms with van der Waals surface area (Å²) in [5.74, 6) is 0.740. The van der Waals surface area contributed by atoms with Gasteiger partial charge in [0.15, 0.2) is 0 Å². The van der Waals surface area contributed by atoms with E-state index in [0.29, 0.717) is 0 Å². The van der Waals surface area contributed by atoms with Crippen molar-refractivity contribution >= 4 is 6.09 Å². The van der Waals surface area contributed by atoms with E-state index < -0.39 is 0 Å². The number of ether oxygens (including phenoxy) is 2. The Labute approximate surface area is 156 Å². The second-order valence-electron chi connectivity index (χ2n) is 8.07. The zero-order valence-corrected chi connectivity index (χ0v) is 15.6. The van der Waals surface area contributed by atoms with Crippen LogP contribution in [0.3, 0.4) is 0 Å². The minimum atomic E-state index is -0.249. The van der Waals surface area contributed by atoms with E-state index in [9.17, 15) is 4.79 Å². The zero-order chi connectivity index (χ0) is 17.8. The van der Waals surface area contributed by atoms with Gasteiger partial charge >= 0.3 is 6.09 Å². The number of hydrogen-bond acceptors (Lipinski definition) is 4. The number of carbonyl (C=O) groups is 1. The van der Waals surface area contributed by atoms with E-state index in [-0.39, 0.29) is 11.7 Å². The molecule has 3 aliphatic rings. The molecule has 4 rings (SSSR count). The van der Waals surface area contributed by atoms with Gasteiger partial charge in [-0.1, -0.05) is 30.3 Å². The summed E-state index contributed by atoms with van der Waals surface area (Å²) in [6, 6.07) is 10.4. The van der Waals surface area contributed by atoms with E-state index in [1.165, 1.54) is 18.4 Å².